The predicted octanol–water partition coefficient (Wildman–Crippen LogP) is 8.01. The summed E-state index contributed by atoms with van der Waals surface area (Å²) in [6.07, 6.45) is 12.0. The fourth-order valence-electron chi connectivity index (χ4n) is 4.20. The van der Waals surface area contributed by atoms with Gasteiger partial charge in [-0.15, -0.1) is 0 Å². The first-order valence-electron chi connectivity index (χ1n) is 10.5. The molecule has 150 valence electrons. The number of rotatable bonds is 7. The Morgan fingerprint density at radius 2 is 1.68 bits per heavy atom. The lowest BCUT2D eigenvalue weighted by molar-refractivity contribution is 0.304. The summed E-state index contributed by atoms with van der Waals surface area (Å²) < 4.78 is 33.8. The number of halogens is 2. The average molecular weight is 385 g/mol. The molecule has 0 aliphatic heterocycles. The van der Waals surface area contributed by atoms with Crippen LogP contribution in [0, 0.1) is 17.6 Å². The minimum atomic E-state index is -0.954. The predicted molar refractivity (Wildman–Crippen MR) is 111 cm³/mol. The number of hydrogen-bond donors (Lipinski definition) is 0. The average Bonchev–Trinajstić information content (AvgIpc) is 2.74. The van der Waals surface area contributed by atoms with Gasteiger partial charge in [0.05, 0.1) is 6.26 Å². The van der Waals surface area contributed by atoms with Crippen molar-refractivity contribution in [1.29, 1.82) is 0 Å². The molecule has 0 saturated heterocycles. The van der Waals surface area contributed by atoms with Crippen molar-refractivity contribution in [2.45, 2.75) is 64.7 Å². The molecule has 0 aromatic heterocycles. The quantitative estimate of drug-likeness (QED) is 0.439. The van der Waals surface area contributed by atoms with E-state index in [0.29, 0.717) is 11.5 Å². The Balaban J connectivity index is 1.69. The Labute approximate surface area is 167 Å². The Bertz CT molecular complexity index is 787. The summed E-state index contributed by atoms with van der Waals surface area (Å²) >= 11 is 0. The molecule has 0 radical (unpaired) electrons. The lowest BCUT2D eigenvalue weighted by Crippen LogP contribution is -2.13. The molecule has 3 heteroatoms. The number of unbranched alkanes of at least 4 members (excludes halogenated alkanes) is 1. The summed E-state index contributed by atoms with van der Waals surface area (Å²) in [6.45, 7) is 4.01. The third-order valence-corrected chi connectivity index (χ3v) is 5.88. The summed E-state index contributed by atoms with van der Waals surface area (Å²) in [6, 6.07) is 11.0. The van der Waals surface area contributed by atoms with Crippen molar-refractivity contribution in [3.05, 3.63) is 65.9 Å². The van der Waals surface area contributed by atoms with Crippen LogP contribution < -0.4 is 4.74 Å². The third-order valence-electron chi connectivity index (χ3n) is 5.88. The normalized spacial score (nSPS) is 19.9. The van der Waals surface area contributed by atoms with Crippen molar-refractivity contribution in [2.75, 3.05) is 0 Å². The van der Waals surface area contributed by atoms with Crippen molar-refractivity contribution in [3.8, 4) is 16.9 Å². The van der Waals surface area contributed by atoms with Crippen molar-refractivity contribution >= 4 is 0 Å². The molecular formula is C25H30F2O. The van der Waals surface area contributed by atoms with Crippen LogP contribution in [0.1, 0.15) is 70.3 Å². The van der Waals surface area contributed by atoms with Gasteiger partial charge in [0.25, 0.3) is 0 Å². The second-order valence-electron chi connectivity index (χ2n) is 7.81. The monoisotopic (exact) mass is 384 g/mol. The summed E-state index contributed by atoms with van der Waals surface area (Å²) in [5, 5.41) is 0. The van der Waals surface area contributed by atoms with Crippen LogP contribution in [0.4, 0.5) is 8.78 Å². The smallest absolute Gasteiger partial charge is 0.201 e. The van der Waals surface area contributed by atoms with E-state index in [2.05, 4.69) is 19.1 Å². The van der Waals surface area contributed by atoms with Crippen molar-refractivity contribution in [3.63, 3.8) is 0 Å². The van der Waals surface area contributed by atoms with Gasteiger partial charge in [0.15, 0.2) is 11.6 Å². The Morgan fingerprint density at radius 3 is 2.32 bits per heavy atom. The molecule has 1 aliphatic rings. The Kier molecular flexibility index (Phi) is 7.24. The molecule has 0 heterocycles. The lowest BCUT2D eigenvalue weighted by atomic mass is 9.77. The van der Waals surface area contributed by atoms with Crippen LogP contribution in [0.2, 0.25) is 0 Å². The zero-order valence-electron chi connectivity index (χ0n) is 16.9. The van der Waals surface area contributed by atoms with Gasteiger partial charge in [-0.3, -0.25) is 0 Å². The zero-order valence-corrected chi connectivity index (χ0v) is 16.9. The van der Waals surface area contributed by atoms with E-state index in [4.69, 9.17) is 4.74 Å². The van der Waals surface area contributed by atoms with Gasteiger partial charge in [-0.2, -0.15) is 4.39 Å². The van der Waals surface area contributed by atoms with Crippen molar-refractivity contribution < 1.29 is 13.5 Å². The van der Waals surface area contributed by atoms with E-state index < -0.39 is 11.6 Å². The van der Waals surface area contributed by atoms with Gasteiger partial charge in [-0.05, 0) is 67.7 Å². The summed E-state index contributed by atoms with van der Waals surface area (Å²) in [7, 11) is 0. The third kappa shape index (κ3) is 4.81. The van der Waals surface area contributed by atoms with Crippen LogP contribution in [-0.4, -0.2) is 0 Å². The summed E-state index contributed by atoms with van der Waals surface area (Å²) in [5.74, 6) is -0.451. The number of ether oxygens (including phenoxy) is 1. The highest BCUT2D eigenvalue weighted by Gasteiger charge is 2.22. The highest BCUT2D eigenvalue weighted by Crippen LogP contribution is 2.38. The molecular weight excluding hydrogens is 354 g/mol. The maximum atomic E-state index is 14.5. The highest BCUT2D eigenvalue weighted by atomic mass is 19.2. The van der Waals surface area contributed by atoms with Crippen LogP contribution in [0.5, 0.6) is 5.75 Å². The van der Waals surface area contributed by atoms with Gasteiger partial charge < -0.3 is 4.74 Å². The first kappa shape index (κ1) is 20.6. The second-order valence-corrected chi connectivity index (χ2v) is 7.81. The highest BCUT2D eigenvalue weighted by molar-refractivity contribution is 5.65. The van der Waals surface area contributed by atoms with Gasteiger partial charge in [-0.1, -0.05) is 56.5 Å². The fraction of sp³-hybridized carbons (Fsp3) is 0.440. The van der Waals surface area contributed by atoms with Crippen molar-refractivity contribution in [1.82, 2.24) is 0 Å². The maximum absolute atomic E-state index is 14.5. The number of allylic oxidation sites excluding steroid dienone is 1. The number of benzene rings is 2. The standard InChI is InChI=1S/C25H30F2O/c1-3-5-6-18-7-9-19(10-8-18)20-11-13-21(14-12-20)22-15-16-23(28-17-4-2)25(27)24(22)26/h4,11-19H,3,5-10H2,1-2H3. The molecule has 0 bridgehead atoms. The van der Waals surface area contributed by atoms with E-state index in [-0.39, 0.29) is 11.3 Å². The Hall–Kier alpha value is -2.16. The minimum Gasteiger partial charge on any atom is -0.462 e. The molecule has 0 N–H and O–H groups in total. The second kappa shape index (κ2) is 9.86. The van der Waals surface area contributed by atoms with Crippen LogP contribution in [0.3, 0.4) is 0 Å². The molecule has 0 unspecified atom stereocenters. The molecule has 2 aromatic carbocycles. The molecule has 0 amide bonds. The van der Waals surface area contributed by atoms with Gasteiger partial charge in [0, 0.05) is 5.56 Å². The van der Waals surface area contributed by atoms with E-state index in [9.17, 15) is 8.78 Å². The van der Waals surface area contributed by atoms with E-state index in [1.807, 2.05) is 12.1 Å². The first-order valence-corrected chi connectivity index (χ1v) is 10.5. The zero-order chi connectivity index (χ0) is 19.9. The molecule has 1 fully saturated rings. The van der Waals surface area contributed by atoms with Crippen LogP contribution in [-0.2, 0) is 0 Å². The van der Waals surface area contributed by atoms with Crippen LogP contribution in [0.25, 0.3) is 11.1 Å². The molecule has 2 aromatic rings. The minimum absolute atomic E-state index is 0.101. The van der Waals surface area contributed by atoms with Gasteiger partial charge in [0.2, 0.25) is 5.82 Å². The molecule has 28 heavy (non-hydrogen) atoms. The Morgan fingerprint density at radius 1 is 0.964 bits per heavy atom. The maximum Gasteiger partial charge on any atom is 0.201 e. The summed E-state index contributed by atoms with van der Waals surface area (Å²) in [5.41, 5.74) is 2.26. The van der Waals surface area contributed by atoms with Crippen molar-refractivity contribution in [2.24, 2.45) is 5.92 Å². The molecule has 1 aliphatic carbocycles. The lowest BCUT2D eigenvalue weighted by Gasteiger charge is -2.29. The summed E-state index contributed by atoms with van der Waals surface area (Å²) in [4.78, 5) is 0. The molecule has 1 saturated carbocycles. The SMILES string of the molecule is CC=COc1ccc(-c2ccc(C3CCC(CCCC)CC3)cc2)c(F)c1F. The first-order chi connectivity index (χ1) is 13.6. The van der Waals surface area contributed by atoms with E-state index >= 15 is 0 Å². The molecule has 3 rings (SSSR count). The van der Waals surface area contributed by atoms with E-state index in [0.717, 1.165) is 5.92 Å². The number of hydrogen-bond acceptors (Lipinski definition) is 1. The van der Waals surface area contributed by atoms with E-state index in [1.54, 1.807) is 19.1 Å². The van der Waals surface area contributed by atoms with E-state index in [1.165, 1.54) is 62.8 Å². The van der Waals surface area contributed by atoms with Crippen LogP contribution in [0.15, 0.2) is 48.7 Å². The van der Waals surface area contributed by atoms with Crippen LogP contribution >= 0.6 is 0 Å². The largest absolute Gasteiger partial charge is 0.462 e. The van der Waals surface area contributed by atoms with Gasteiger partial charge >= 0.3 is 0 Å². The molecule has 1 nitrogen and oxygen atoms in total. The fourth-order valence-corrected chi connectivity index (χ4v) is 4.20. The molecule has 0 atom stereocenters. The van der Waals surface area contributed by atoms with Gasteiger partial charge in [-0.25, -0.2) is 4.39 Å². The molecule has 0 spiro atoms. The topological polar surface area (TPSA) is 9.23 Å². The van der Waals surface area contributed by atoms with Gasteiger partial charge in [0.1, 0.15) is 0 Å².